The van der Waals surface area contributed by atoms with E-state index in [0.29, 0.717) is 0 Å². The molecule has 0 bridgehead atoms. The van der Waals surface area contributed by atoms with Gasteiger partial charge in [-0.05, 0) is 36.5 Å². The standard InChI is InChI=1S/C14H26/c1-3-5-8-12-11-14(4-2)10-7-6-9-13(12)14/h12-13H,3-11H2,1-2H3. The van der Waals surface area contributed by atoms with Crippen LogP contribution < -0.4 is 0 Å². The molecule has 82 valence electrons. The Hall–Kier alpha value is 0. The van der Waals surface area contributed by atoms with Crippen molar-refractivity contribution in [2.75, 3.05) is 0 Å². The van der Waals surface area contributed by atoms with Gasteiger partial charge in [-0.25, -0.2) is 0 Å². The van der Waals surface area contributed by atoms with E-state index < -0.39 is 0 Å². The summed E-state index contributed by atoms with van der Waals surface area (Å²) in [6.45, 7) is 4.75. The first kappa shape index (κ1) is 10.5. The van der Waals surface area contributed by atoms with Gasteiger partial charge in [-0.2, -0.15) is 0 Å². The van der Waals surface area contributed by atoms with Crippen molar-refractivity contribution in [3.63, 3.8) is 0 Å². The third-order valence-corrected chi connectivity index (χ3v) is 5.10. The van der Waals surface area contributed by atoms with Crippen LogP contribution in [0, 0.1) is 17.3 Å². The molecule has 2 rings (SSSR count). The lowest BCUT2D eigenvalue weighted by Crippen LogP contribution is -2.49. The zero-order chi connectivity index (χ0) is 10.0. The molecule has 0 heterocycles. The summed E-state index contributed by atoms with van der Waals surface area (Å²) >= 11 is 0. The molecular formula is C14H26. The highest BCUT2D eigenvalue weighted by Crippen LogP contribution is 2.61. The van der Waals surface area contributed by atoms with Crippen LogP contribution in [0.4, 0.5) is 0 Å². The van der Waals surface area contributed by atoms with Gasteiger partial charge in [0.15, 0.2) is 0 Å². The Balaban J connectivity index is 1.89. The molecule has 0 nitrogen and oxygen atoms in total. The van der Waals surface area contributed by atoms with Gasteiger partial charge in [-0.1, -0.05) is 52.4 Å². The van der Waals surface area contributed by atoms with Gasteiger partial charge >= 0.3 is 0 Å². The third kappa shape index (κ3) is 1.61. The Morgan fingerprint density at radius 3 is 2.79 bits per heavy atom. The number of hydrogen-bond donors (Lipinski definition) is 0. The predicted octanol–water partition coefficient (Wildman–Crippen LogP) is 4.78. The second-order valence-corrected chi connectivity index (χ2v) is 5.67. The predicted molar refractivity (Wildman–Crippen MR) is 62.3 cm³/mol. The summed E-state index contributed by atoms with van der Waals surface area (Å²) in [5.74, 6) is 2.25. The van der Waals surface area contributed by atoms with Crippen LogP contribution in [-0.4, -0.2) is 0 Å². The molecule has 14 heavy (non-hydrogen) atoms. The van der Waals surface area contributed by atoms with Gasteiger partial charge in [0, 0.05) is 0 Å². The molecule has 0 amide bonds. The van der Waals surface area contributed by atoms with Crippen LogP contribution in [-0.2, 0) is 0 Å². The number of unbranched alkanes of at least 4 members (excludes halogenated alkanes) is 1. The molecule has 0 radical (unpaired) electrons. The quantitative estimate of drug-likeness (QED) is 0.604. The first-order valence-corrected chi connectivity index (χ1v) is 6.82. The average molecular weight is 194 g/mol. The van der Waals surface area contributed by atoms with Gasteiger partial charge in [0.1, 0.15) is 0 Å². The zero-order valence-corrected chi connectivity index (χ0v) is 10.0. The van der Waals surface area contributed by atoms with Crippen LogP contribution in [0.1, 0.15) is 71.6 Å². The largest absolute Gasteiger partial charge is 0.0654 e. The lowest BCUT2D eigenvalue weighted by atomic mass is 9.47. The molecule has 2 aliphatic carbocycles. The molecule has 0 aliphatic heterocycles. The summed E-state index contributed by atoms with van der Waals surface area (Å²) in [6, 6.07) is 0. The molecule has 0 aromatic heterocycles. The molecule has 0 aromatic rings. The maximum absolute atomic E-state index is 2.42. The Bertz CT molecular complexity index is 184. The smallest absolute Gasteiger partial charge is 0.0266 e. The zero-order valence-electron chi connectivity index (χ0n) is 10.0. The number of rotatable bonds is 4. The van der Waals surface area contributed by atoms with Crippen LogP contribution in [0.25, 0.3) is 0 Å². The van der Waals surface area contributed by atoms with E-state index in [1.807, 2.05) is 0 Å². The monoisotopic (exact) mass is 194 g/mol. The minimum atomic E-state index is 0.830. The SMILES string of the molecule is CCCCC1CC2(CC)CCCCC12. The maximum Gasteiger partial charge on any atom is -0.0266 e. The van der Waals surface area contributed by atoms with Gasteiger partial charge < -0.3 is 0 Å². The van der Waals surface area contributed by atoms with E-state index in [4.69, 9.17) is 0 Å². The van der Waals surface area contributed by atoms with Crippen molar-refractivity contribution in [2.24, 2.45) is 17.3 Å². The highest BCUT2D eigenvalue weighted by Gasteiger charge is 2.52. The molecule has 3 atom stereocenters. The summed E-state index contributed by atoms with van der Waals surface area (Å²) in [5, 5.41) is 0. The Labute approximate surface area is 89.5 Å². The van der Waals surface area contributed by atoms with E-state index in [1.54, 1.807) is 19.3 Å². The second-order valence-electron chi connectivity index (χ2n) is 5.67. The Morgan fingerprint density at radius 1 is 1.21 bits per heavy atom. The van der Waals surface area contributed by atoms with Crippen LogP contribution in [0.2, 0.25) is 0 Å². The van der Waals surface area contributed by atoms with Crippen molar-refractivity contribution in [3.05, 3.63) is 0 Å². The van der Waals surface area contributed by atoms with E-state index >= 15 is 0 Å². The average Bonchev–Trinajstić information content (AvgIpc) is 2.20. The Morgan fingerprint density at radius 2 is 2.07 bits per heavy atom. The van der Waals surface area contributed by atoms with Crippen molar-refractivity contribution in [1.82, 2.24) is 0 Å². The van der Waals surface area contributed by atoms with Crippen molar-refractivity contribution in [1.29, 1.82) is 0 Å². The molecular weight excluding hydrogens is 168 g/mol. The lowest BCUT2D eigenvalue weighted by molar-refractivity contribution is -0.0846. The molecule has 2 saturated carbocycles. The number of fused-ring (bicyclic) bond motifs is 1. The topological polar surface area (TPSA) is 0 Å². The second kappa shape index (κ2) is 4.24. The van der Waals surface area contributed by atoms with E-state index in [0.717, 1.165) is 17.3 Å². The van der Waals surface area contributed by atoms with E-state index in [-0.39, 0.29) is 0 Å². The normalized spacial score (nSPS) is 41.6. The molecule has 0 N–H and O–H groups in total. The molecule has 3 unspecified atom stereocenters. The minimum absolute atomic E-state index is 0.830. The van der Waals surface area contributed by atoms with Crippen molar-refractivity contribution < 1.29 is 0 Å². The third-order valence-electron chi connectivity index (χ3n) is 5.10. The summed E-state index contributed by atoms with van der Waals surface area (Å²) in [4.78, 5) is 0. The van der Waals surface area contributed by atoms with Crippen LogP contribution >= 0.6 is 0 Å². The Kier molecular flexibility index (Phi) is 3.19. The van der Waals surface area contributed by atoms with E-state index in [1.165, 1.54) is 38.5 Å². The first-order valence-electron chi connectivity index (χ1n) is 6.82. The van der Waals surface area contributed by atoms with E-state index in [9.17, 15) is 0 Å². The highest BCUT2D eigenvalue weighted by molar-refractivity contribution is 5.02. The summed E-state index contributed by atoms with van der Waals surface area (Å²) in [5.41, 5.74) is 0.830. The fourth-order valence-electron chi connectivity index (χ4n) is 4.18. The fraction of sp³-hybridized carbons (Fsp3) is 1.00. The van der Waals surface area contributed by atoms with Gasteiger partial charge in [0.2, 0.25) is 0 Å². The molecule has 0 heteroatoms. The lowest BCUT2D eigenvalue weighted by Gasteiger charge is -2.58. The van der Waals surface area contributed by atoms with Crippen molar-refractivity contribution in [2.45, 2.75) is 71.6 Å². The maximum atomic E-state index is 2.42. The molecule has 2 fully saturated rings. The summed E-state index contributed by atoms with van der Waals surface area (Å²) in [6.07, 6.45) is 13.6. The summed E-state index contributed by atoms with van der Waals surface area (Å²) in [7, 11) is 0. The van der Waals surface area contributed by atoms with Crippen molar-refractivity contribution >= 4 is 0 Å². The van der Waals surface area contributed by atoms with Crippen molar-refractivity contribution in [3.8, 4) is 0 Å². The first-order chi connectivity index (χ1) is 6.82. The van der Waals surface area contributed by atoms with Gasteiger partial charge in [0.05, 0.1) is 0 Å². The van der Waals surface area contributed by atoms with Gasteiger partial charge in [0.25, 0.3) is 0 Å². The molecule has 2 aliphatic rings. The van der Waals surface area contributed by atoms with Gasteiger partial charge in [-0.15, -0.1) is 0 Å². The van der Waals surface area contributed by atoms with Crippen LogP contribution in [0.15, 0.2) is 0 Å². The van der Waals surface area contributed by atoms with Gasteiger partial charge in [-0.3, -0.25) is 0 Å². The van der Waals surface area contributed by atoms with Crippen LogP contribution in [0.5, 0.6) is 0 Å². The highest BCUT2D eigenvalue weighted by atomic mass is 14.6. The number of hydrogen-bond acceptors (Lipinski definition) is 0. The molecule has 0 spiro atoms. The van der Waals surface area contributed by atoms with E-state index in [2.05, 4.69) is 13.8 Å². The van der Waals surface area contributed by atoms with Crippen LogP contribution in [0.3, 0.4) is 0 Å². The molecule has 0 saturated heterocycles. The minimum Gasteiger partial charge on any atom is -0.0654 e. The molecule has 0 aromatic carbocycles. The fourth-order valence-corrected chi connectivity index (χ4v) is 4.18. The summed E-state index contributed by atoms with van der Waals surface area (Å²) < 4.78 is 0.